The molecule has 0 saturated heterocycles. The molecule has 0 unspecified atom stereocenters. The second kappa shape index (κ2) is 9.02. The van der Waals surface area contributed by atoms with Crippen LogP contribution in [0, 0.1) is 12.7 Å². The third-order valence-electron chi connectivity index (χ3n) is 6.00. The van der Waals surface area contributed by atoms with Crippen molar-refractivity contribution < 1.29 is 13.9 Å². The molecule has 2 aromatic heterocycles. The topological polar surface area (TPSA) is 66.1 Å². The monoisotopic (exact) mass is 467 g/mol. The van der Waals surface area contributed by atoms with Crippen LogP contribution in [-0.4, -0.2) is 27.4 Å². The van der Waals surface area contributed by atoms with Crippen LogP contribution in [-0.2, 0) is 6.54 Å². The van der Waals surface area contributed by atoms with Crippen LogP contribution in [0.25, 0.3) is 22.2 Å². The number of carbonyl (C=O) groups excluding carboxylic acids is 1. The Kier molecular flexibility index (Phi) is 5.74. The number of methoxy groups -OCH3 is 1. The zero-order valence-corrected chi connectivity index (χ0v) is 19.2. The Balaban J connectivity index is 1.67. The maximum atomic E-state index is 14.3. The van der Waals surface area contributed by atoms with E-state index in [9.17, 15) is 14.0 Å². The summed E-state index contributed by atoms with van der Waals surface area (Å²) in [4.78, 5) is 26.1. The summed E-state index contributed by atoms with van der Waals surface area (Å²) in [6.45, 7) is 2.09. The highest BCUT2D eigenvalue weighted by atomic mass is 19.1. The number of benzene rings is 3. The quantitative estimate of drug-likeness (QED) is 0.363. The number of fused-ring (bicyclic) bond motifs is 1. The Hall–Kier alpha value is -4.52. The molecule has 0 aliphatic carbocycles. The summed E-state index contributed by atoms with van der Waals surface area (Å²) < 4.78 is 22.4. The van der Waals surface area contributed by atoms with Crippen molar-refractivity contribution >= 4 is 16.8 Å². The molecule has 2 heterocycles. The molecule has 0 aliphatic rings. The van der Waals surface area contributed by atoms with Gasteiger partial charge < -0.3 is 4.74 Å². The van der Waals surface area contributed by atoms with Gasteiger partial charge >= 0.3 is 0 Å². The van der Waals surface area contributed by atoms with Gasteiger partial charge in [-0.3, -0.25) is 14.2 Å². The van der Waals surface area contributed by atoms with E-state index in [0.29, 0.717) is 45.7 Å². The van der Waals surface area contributed by atoms with Crippen molar-refractivity contribution in [2.45, 2.75) is 13.5 Å². The van der Waals surface area contributed by atoms with E-state index in [1.807, 2.05) is 30.3 Å². The molecular formula is C28H22FN3O3. The Labute approximate surface area is 200 Å². The van der Waals surface area contributed by atoms with Crippen molar-refractivity contribution in [3.05, 3.63) is 118 Å². The van der Waals surface area contributed by atoms with Gasteiger partial charge in [-0.05, 0) is 61.0 Å². The molecule has 0 atom stereocenters. The molecular weight excluding hydrogens is 445 g/mol. The van der Waals surface area contributed by atoms with E-state index in [-0.39, 0.29) is 11.5 Å². The fraction of sp³-hybridized carbons (Fsp3) is 0.107. The Morgan fingerprint density at radius 1 is 0.971 bits per heavy atom. The molecule has 0 aliphatic heterocycles. The first-order valence-corrected chi connectivity index (χ1v) is 11.1. The number of hydrogen-bond donors (Lipinski definition) is 0. The van der Waals surface area contributed by atoms with Crippen LogP contribution in [0.15, 0.2) is 89.7 Å². The zero-order valence-electron chi connectivity index (χ0n) is 19.2. The lowest BCUT2D eigenvalue weighted by Crippen LogP contribution is -2.23. The summed E-state index contributed by atoms with van der Waals surface area (Å²) in [5, 5.41) is 5.13. The predicted octanol–water partition coefficient (Wildman–Crippen LogP) is 5.06. The molecule has 0 saturated carbocycles. The molecule has 35 heavy (non-hydrogen) atoms. The summed E-state index contributed by atoms with van der Waals surface area (Å²) in [5.74, 6) is -0.0423. The molecule has 0 radical (unpaired) electrons. The minimum atomic E-state index is -0.426. The normalized spacial score (nSPS) is 11.1. The standard InChI is InChI=1S/C28H22FN3O3/c1-18-27(24-13-15-26(33)31(30-24)17-19-6-4-3-5-7-19)23-16-21(29)10-14-25(23)32(18)28(34)20-8-11-22(35-2)12-9-20/h3-16H,17H2,1-2H3. The number of hydrogen-bond acceptors (Lipinski definition) is 4. The molecule has 0 spiro atoms. The number of aromatic nitrogens is 3. The highest BCUT2D eigenvalue weighted by Gasteiger charge is 2.22. The van der Waals surface area contributed by atoms with E-state index in [0.717, 1.165) is 5.56 Å². The highest BCUT2D eigenvalue weighted by molar-refractivity contribution is 6.08. The van der Waals surface area contributed by atoms with Crippen LogP contribution in [0.1, 0.15) is 21.6 Å². The molecule has 0 N–H and O–H groups in total. The van der Waals surface area contributed by atoms with Crippen LogP contribution in [0.2, 0.25) is 0 Å². The van der Waals surface area contributed by atoms with Crippen molar-refractivity contribution in [3.63, 3.8) is 0 Å². The summed E-state index contributed by atoms with van der Waals surface area (Å²) in [6.07, 6.45) is 0. The van der Waals surface area contributed by atoms with Gasteiger partial charge in [0.1, 0.15) is 11.6 Å². The van der Waals surface area contributed by atoms with Crippen LogP contribution in [0.5, 0.6) is 5.75 Å². The van der Waals surface area contributed by atoms with Crippen molar-refractivity contribution in [1.82, 2.24) is 14.3 Å². The second-order valence-corrected chi connectivity index (χ2v) is 8.19. The van der Waals surface area contributed by atoms with E-state index in [4.69, 9.17) is 4.74 Å². The summed E-state index contributed by atoms with van der Waals surface area (Å²) >= 11 is 0. The summed E-state index contributed by atoms with van der Waals surface area (Å²) in [5.41, 5.74) is 3.38. The van der Waals surface area contributed by atoms with Gasteiger partial charge in [-0.1, -0.05) is 30.3 Å². The minimum Gasteiger partial charge on any atom is -0.497 e. The van der Waals surface area contributed by atoms with Gasteiger partial charge in [-0.15, -0.1) is 0 Å². The second-order valence-electron chi connectivity index (χ2n) is 8.19. The SMILES string of the molecule is COc1ccc(C(=O)n2c(C)c(-c3ccc(=O)n(Cc4ccccc4)n3)c3cc(F)ccc32)cc1. The van der Waals surface area contributed by atoms with E-state index >= 15 is 0 Å². The summed E-state index contributed by atoms with van der Waals surface area (Å²) in [7, 11) is 1.56. The third-order valence-corrected chi connectivity index (χ3v) is 6.00. The van der Waals surface area contributed by atoms with Crippen LogP contribution in [0.3, 0.4) is 0 Å². The molecule has 5 aromatic rings. The Bertz CT molecular complexity index is 1600. The molecule has 0 amide bonds. The fourth-order valence-electron chi connectivity index (χ4n) is 4.29. The Morgan fingerprint density at radius 3 is 2.43 bits per heavy atom. The molecule has 6 nitrogen and oxygen atoms in total. The highest BCUT2D eigenvalue weighted by Crippen LogP contribution is 2.34. The van der Waals surface area contributed by atoms with E-state index < -0.39 is 5.82 Å². The van der Waals surface area contributed by atoms with E-state index in [2.05, 4.69) is 5.10 Å². The van der Waals surface area contributed by atoms with E-state index in [1.54, 1.807) is 55.0 Å². The van der Waals surface area contributed by atoms with Gasteiger partial charge in [-0.25, -0.2) is 9.07 Å². The zero-order chi connectivity index (χ0) is 24.5. The van der Waals surface area contributed by atoms with Crippen LogP contribution >= 0.6 is 0 Å². The van der Waals surface area contributed by atoms with E-state index in [1.165, 1.54) is 22.9 Å². The third kappa shape index (κ3) is 4.12. The predicted molar refractivity (Wildman–Crippen MR) is 132 cm³/mol. The van der Waals surface area contributed by atoms with Crippen molar-refractivity contribution in [2.24, 2.45) is 0 Å². The van der Waals surface area contributed by atoms with Crippen molar-refractivity contribution in [3.8, 4) is 17.0 Å². The maximum absolute atomic E-state index is 14.3. The average Bonchev–Trinajstić information content (AvgIpc) is 3.16. The number of carbonyl (C=O) groups is 1. The van der Waals surface area contributed by atoms with Gasteiger partial charge in [0, 0.05) is 28.3 Å². The van der Waals surface area contributed by atoms with Crippen molar-refractivity contribution in [1.29, 1.82) is 0 Å². The van der Waals surface area contributed by atoms with Crippen LogP contribution in [0.4, 0.5) is 4.39 Å². The van der Waals surface area contributed by atoms with Crippen LogP contribution < -0.4 is 10.3 Å². The van der Waals surface area contributed by atoms with Gasteiger partial charge in [0.25, 0.3) is 11.5 Å². The fourth-order valence-corrected chi connectivity index (χ4v) is 4.29. The van der Waals surface area contributed by atoms with Gasteiger partial charge in [0.15, 0.2) is 0 Å². The van der Waals surface area contributed by atoms with Gasteiger partial charge in [0.2, 0.25) is 0 Å². The molecule has 7 heteroatoms. The average molecular weight is 468 g/mol. The molecule has 5 rings (SSSR count). The van der Waals surface area contributed by atoms with Gasteiger partial charge in [0.05, 0.1) is 24.9 Å². The maximum Gasteiger partial charge on any atom is 0.267 e. The first kappa shape index (κ1) is 22.3. The largest absolute Gasteiger partial charge is 0.497 e. The number of ether oxygens (including phenoxy) is 1. The molecule has 0 bridgehead atoms. The molecule has 3 aromatic carbocycles. The number of nitrogens with zero attached hydrogens (tertiary/aromatic N) is 3. The first-order valence-electron chi connectivity index (χ1n) is 11.1. The summed E-state index contributed by atoms with van der Waals surface area (Å²) in [6, 6.07) is 23.7. The molecule has 174 valence electrons. The van der Waals surface area contributed by atoms with Crippen molar-refractivity contribution in [2.75, 3.05) is 7.11 Å². The smallest absolute Gasteiger partial charge is 0.267 e. The number of rotatable bonds is 5. The minimum absolute atomic E-state index is 0.250. The first-order chi connectivity index (χ1) is 17.0. The lowest BCUT2D eigenvalue weighted by Gasteiger charge is -2.09. The lowest BCUT2D eigenvalue weighted by atomic mass is 10.1. The molecule has 0 fully saturated rings. The Morgan fingerprint density at radius 2 is 1.71 bits per heavy atom. The number of halogens is 1. The lowest BCUT2D eigenvalue weighted by molar-refractivity contribution is 0.0963. The van der Waals surface area contributed by atoms with Gasteiger partial charge in [-0.2, -0.15) is 5.10 Å².